The third-order valence-corrected chi connectivity index (χ3v) is 3.46. The van der Waals surface area contributed by atoms with E-state index in [0.717, 1.165) is 32.5 Å². The first-order valence-electron chi connectivity index (χ1n) is 5.74. The molecule has 2 rings (SSSR count). The second-order valence-corrected chi connectivity index (χ2v) is 4.40. The lowest BCUT2D eigenvalue weighted by atomic mass is 10.0. The zero-order valence-corrected chi connectivity index (χ0v) is 9.24. The van der Waals surface area contributed by atoms with Crippen LogP contribution in [-0.2, 0) is 9.59 Å². The molecule has 0 aromatic rings. The van der Waals surface area contributed by atoms with Gasteiger partial charge in [0.25, 0.3) is 0 Å². The number of carbonyl (C=O) groups excluding carboxylic acids is 2. The van der Waals surface area contributed by atoms with Gasteiger partial charge in [-0.15, -0.1) is 0 Å². The summed E-state index contributed by atoms with van der Waals surface area (Å²) in [4.78, 5) is 26.9. The second kappa shape index (κ2) is 4.31. The molecule has 15 heavy (non-hydrogen) atoms. The topological polar surface area (TPSA) is 40.6 Å². The Morgan fingerprint density at radius 3 is 2.40 bits per heavy atom. The van der Waals surface area contributed by atoms with E-state index < -0.39 is 0 Å². The minimum absolute atomic E-state index is 0.0370. The number of nitrogens with zero attached hydrogens (tertiary/aromatic N) is 2. The van der Waals surface area contributed by atoms with Crippen molar-refractivity contribution in [3.63, 3.8) is 0 Å². The van der Waals surface area contributed by atoms with Crippen LogP contribution in [0.4, 0.5) is 0 Å². The summed E-state index contributed by atoms with van der Waals surface area (Å²) in [7, 11) is 0. The molecular formula is C11H18N2O2. The van der Waals surface area contributed by atoms with E-state index in [1.54, 1.807) is 4.90 Å². The largest absolute Gasteiger partial charge is 0.332 e. The van der Waals surface area contributed by atoms with Crippen molar-refractivity contribution >= 4 is 11.7 Å². The molecule has 0 bridgehead atoms. The predicted molar refractivity (Wildman–Crippen MR) is 56.5 cm³/mol. The zero-order chi connectivity index (χ0) is 10.8. The monoisotopic (exact) mass is 210 g/mol. The fraction of sp³-hybridized carbons (Fsp3) is 0.818. The van der Waals surface area contributed by atoms with E-state index in [2.05, 4.69) is 11.8 Å². The van der Waals surface area contributed by atoms with E-state index in [4.69, 9.17) is 0 Å². The molecule has 2 heterocycles. The summed E-state index contributed by atoms with van der Waals surface area (Å²) in [6.45, 7) is 5.71. The van der Waals surface area contributed by atoms with Crippen molar-refractivity contribution in [2.45, 2.75) is 32.2 Å². The van der Waals surface area contributed by atoms with Crippen LogP contribution in [0.2, 0.25) is 0 Å². The zero-order valence-electron chi connectivity index (χ0n) is 9.24. The van der Waals surface area contributed by atoms with Gasteiger partial charge in [0.15, 0.2) is 5.78 Å². The lowest BCUT2D eigenvalue weighted by Crippen LogP contribution is -2.45. The average Bonchev–Trinajstić information content (AvgIpc) is 2.58. The van der Waals surface area contributed by atoms with Crippen molar-refractivity contribution in [2.75, 3.05) is 26.2 Å². The smallest absolute Gasteiger partial charge is 0.230 e. The van der Waals surface area contributed by atoms with Crippen molar-refractivity contribution < 1.29 is 9.59 Å². The fourth-order valence-electron chi connectivity index (χ4n) is 2.48. The standard InChI is InChI=1S/C11H18N2O2/c1-2-12-5-3-9(4-6-12)13-8-10(14)7-11(13)15/h9H,2-8H2,1H3. The highest BCUT2D eigenvalue weighted by Crippen LogP contribution is 2.20. The predicted octanol–water partition coefficient (Wildman–Crippen LogP) is 0.272. The summed E-state index contributed by atoms with van der Waals surface area (Å²) in [5.41, 5.74) is 0. The highest BCUT2D eigenvalue weighted by atomic mass is 16.2. The number of piperidine rings is 1. The highest BCUT2D eigenvalue weighted by molar-refractivity contribution is 6.05. The quantitative estimate of drug-likeness (QED) is 0.614. The maximum absolute atomic E-state index is 11.5. The first-order chi connectivity index (χ1) is 7.20. The molecule has 0 aromatic carbocycles. The van der Waals surface area contributed by atoms with E-state index in [1.807, 2.05) is 0 Å². The summed E-state index contributed by atoms with van der Waals surface area (Å²) in [6.07, 6.45) is 2.17. The van der Waals surface area contributed by atoms with E-state index in [0.29, 0.717) is 12.6 Å². The van der Waals surface area contributed by atoms with Crippen LogP contribution in [0.3, 0.4) is 0 Å². The molecule has 0 N–H and O–H groups in total. The third kappa shape index (κ3) is 2.20. The van der Waals surface area contributed by atoms with Gasteiger partial charge in [0.1, 0.15) is 0 Å². The van der Waals surface area contributed by atoms with Gasteiger partial charge >= 0.3 is 0 Å². The van der Waals surface area contributed by atoms with E-state index >= 15 is 0 Å². The number of likely N-dealkylation sites (tertiary alicyclic amines) is 2. The molecule has 0 aromatic heterocycles. The van der Waals surface area contributed by atoms with Crippen molar-refractivity contribution in [1.82, 2.24) is 9.80 Å². The minimum Gasteiger partial charge on any atom is -0.332 e. The summed E-state index contributed by atoms with van der Waals surface area (Å²) in [5.74, 6) is 0.118. The van der Waals surface area contributed by atoms with E-state index in [9.17, 15) is 9.59 Å². The molecular weight excluding hydrogens is 192 g/mol. The van der Waals surface area contributed by atoms with Gasteiger partial charge in [-0.1, -0.05) is 6.92 Å². The summed E-state index contributed by atoms with van der Waals surface area (Å²) >= 11 is 0. The molecule has 2 aliphatic heterocycles. The Bertz CT molecular complexity index is 270. The Morgan fingerprint density at radius 1 is 1.27 bits per heavy atom. The summed E-state index contributed by atoms with van der Waals surface area (Å²) in [5, 5.41) is 0. The van der Waals surface area contributed by atoms with Gasteiger partial charge < -0.3 is 9.80 Å². The van der Waals surface area contributed by atoms with Crippen LogP contribution in [0, 0.1) is 0 Å². The first kappa shape index (κ1) is 10.6. The lowest BCUT2D eigenvalue weighted by molar-refractivity contribution is -0.130. The number of hydrogen-bond donors (Lipinski definition) is 0. The van der Waals surface area contributed by atoms with Gasteiger partial charge in [-0.2, -0.15) is 0 Å². The molecule has 84 valence electrons. The van der Waals surface area contributed by atoms with Gasteiger partial charge in [-0.25, -0.2) is 0 Å². The Hall–Kier alpha value is -0.900. The number of Topliss-reactive ketones (excluding diaryl/α,β-unsaturated/α-hetero) is 1. The molecule has 0 unspecified atom stereocenters. The Balaban J connectivity index is 1.90. The van der Waals surface area contributed by atoms with Crippen molar-refractivity contribution in [1.29, 1.82) is 0 Å². The van der Waals surface area contributed by atoms with Crippen molar-refractivity contribution in [2.24, 2.45) is 0 Å². The summed E-state index contributed by atoms with van der Waals surface area (Å²) in [6, 6.07) is 0.312. The van der Waals surface area contributed by atoms with Crippen LogP contribution < -0.4 is 0 Å². The molecule has 2 aliphatic rings. The lowest BCUT2D eigenvalue weighted by Gasteiger charge is -2.35. The number of amides is 1. The Morgan fingerprint density at radius 2 is 1.93 bits per heavy atom. The molecule has 1 amide bonds. The van der Waals surface area contributed by atoms with E-state index in [1.165, 1.54) is 0 Å². The van der Waals surface area contributed by atoms with Gasteiger partial charge in [0.05, 0.1) is 13.0 Å². The van der Waals surface area contributed by atoms with Crippen LogP contribution in [0.25, 0.3) is 0 Å². The first-order valence-corrected chi connectivity index (χ1v) is 5.74. The van der Waals surface area contributed by atoms with Crippen LogP contribution in [0.5, 0.6) is 0 Å². The van der Waals surface area contributed by atoms with Crippen molar-refractivity contribution in [3.8, 4) is 0 Å². The van der Waals surface area contributed by atoms with Crippen molar-refractivity contribution in [3.05, 3.63) is 0 Å². The Kier molecular flexibility index (Phi) is 3.05. The van der Waals surface area contributed by atoms with Gasteiger partial charge in [0, 0.05) is 19.1 Å². The van der Waals surface area contributed by atoms with Crippen LogP contribution in [0.15, 0.2) is 0 Å². The molecule has 2 fully saturated rings. The molecule has 4 heteroatoms. The maximum Gasteiger partial charge on any atom is 0.230 e. The molecule has 0 atom stereocenters. The van der Waals surface area contributed by atoms with Crippen LogP contribution in [-0.4, -0.2) is 53.7 Å². The minimum atomic E-state index is 0.0370. The molecule has 0 spiro atoms. The third-order valence-electron chi connectivity index (χ3n) is 3.46. The number of rotatable bonds is 2. The van der Waals surface area contributed by atoms with Gasteiger partial charge in [0.2, 0.25) is 5.91 Å². The normalized spacial score (nSPS) is 25.3. The van der Waals surface area contributed by atoms with Gasteiger partial charge in [-0.3, -0.25) is 9.59 Å². The summed E-state index contributed by atoms with van der Waals surface area (Å²) < 4.78 is 0. The van der Waals surface area contributed by atoms with E-state index in [-0.39, 0.29) is 18.1 Å². The maximum atomic E-state index is 11.5. The molecule has 0 saturated carbocycles. The number of hydrogen-bond acceptors (Lipinski definition) is 3. The molecule has 4 nitrogen and oxygen atoms in total. The Labute approximate surface area is 90.2 Å². The SMILES string of the molecule is CCN1CCC(N2CC(=O)CC2=O)CC1. The van der Waals surface area contributed by atoms with Gasteiger partial charge in [-0.05, 0) is 19.4 Å². The second-order valence-electron chi connectivity index (χ2n) is 4.40. The number of carbonyl (C=O) groups is 2. The highest BCUT2D eigenvalue weighted by Gasteiger charge is 2.34. The fourth-order valence-corrected chi connectivity index (χ4v) is 2.48. The van der Waals surface area contributed by atoms with Crippen LogP contribution in [0.1, 0.15) is 26.2 Å². The molecule has 0 aliphatic carbocycles. The average molecular weight is 210 g/mol. The number of ketones is 1. The molecule has 0 radical (unpaired) electrons. The molecule has 2 saturated heterocycles. The van der Waals surface area contributed by atoms with Crippen LogP contribution >= 0.6 is 0 Å².